The van der Waals surface area contributed by atoms with Crippen LogP contribution >= 0.6 is 0 Å². The summed E-state index contributed by atoms with van der Waals surface area (Å²) >= 11 is 0. The van der Waals surface area contributed by atoms with Gasteiger partial charge < -0.3 is 9.26 Å². The maximum Gasteiger partial charge on any atom is 0.311 e. The summed E-state index contributed by atoms with van der Waals surface area (Å²) < 4.78 is 10.4. The fraction of sp³-hybridized carbons (Fsp3) is 0.250. The Morgan fingerprint density at radius 2 is 2.07 bits per heavy atom. The molecule has 78 valence electrons. The zero-order valence-corrected chi connectivity index (χ0v) is 8.64. The maximum absolute atomic E-state index is 5.33. The number of hydrogen-bond acceptors (Lipinski definition) is 3. The van der Waals surface area contributed by atoms with Crippen molar-refractivity contribution in [2.75, 3.05) is 6.61 Å². The molecule has 1 heterocycles. The van der Waals surface area contributed by atoms with Crippen LogP contribution in [0.3, 0.4) is 0 Å². The van der Waals surface area contributed by atoms with Gasteiger partial charge in [0.15, 0.2) is 0 Å². The predicted octanol–water partition coefficient (Wildman–Crippen LogP) is 3.13. The van der Waals surface area contributed by atoms with Gasteiger partial charge in [0.05, 0.1) is 12.7 Å². The van der Waals surface area contributed by atoms with Gasteiger partial charge in [-0.25, -0.2) is 0 Å². The zero-order chi connectivity index (χ0) is 10.5. The van der Waals surface area contributed by atoms with Crippen molar-refractivity contribution in [3.8, 4) is 17.2 Å². The van der Waals surface area contributed by atoms with E-state index in [2.05, 4.69) is 12.1 Å². The van der Waals surface area contributed by atoms with E-state index in [-0.39, 0.29) is 0 Å². The molecule has 15 heavy (non-hydrogen) atoms. The van der Waals surface area contributed by atoms with E-state index in [0.29, 0.717) is 12.6 Å². The molecule has 1 aromatic heterocycles. The molecule has 3 heteroatoms. The second kappa shape index (κ2) is 4.64. The number of rotatable bonds is 4. The third-order valence-electron chi connectivity index (χ3n) is 2.01. The van der Waals surface area contributed by atoms with Crippen molar-refractivity contribution in [3.05, 3.63) is 36.4 Å². The first kappa shape index (κ1) is 9.77. The maximum atomic E-state index is 5.33. The highest BCUT2D eigenvalue weighted by Gasteiger charge is 2.05. The molecule has 0 atom stereocenters. The highest BCUT2D eigenvalue weighted by atomic mass is 16.6. The summed E-state index contributed by atoms with van der Waals surface area (Å²) in [6.07, 6.45) is 0.960. The number of benzene rings is 1. The number of hydrogen-bond donors (Lipinski definition) is 0. The average Bonchev–Trinajstić information content (AvgIpc) is 2.76. The molecule has 0 N–H and O–H groups in total. The fourth-order valence-corrected chi connectivity index (χ4v) is 1.27. The van der Waals surface area contributed by atoms with Crippen LogP contribution < -0.4 is 4.74 Å². The molecule has 0 aliphatic heterocycles. The highest BCUT2D eigenvalue weighted by Crippen LogP contribution is 2.22. The SMILES string of the molecule is CCCOc1cc(-c2ccccc2)no1. The molecule has 0 fully saturated rings. The molecule has 0 saturated carbocycles. The lowest BCUT2D eigenvalue weighted by Crippen LogP contribution is -1.92. The monoisotopic (exact) mass is 203 g/mol. The molecule has 0 aliphatic carbocycles. The van der Waals surface area contributed by atoms with E-state index in [9.17, 15) is 0 Å². The summed E-state index contributed by atoms with van der Waals surface area (Å²) in [6.45, 7) is 2.71. The Labute approximate surface area is 88.7 Å². The van der Waals surface area contributed by atoms with Gasteiger partial charge in [-0.2, -0.15) is 0 Å². The predicted molar refractivity (Wildman–Crippen MR) is 57.7 cm³/mol. The normalized spacial score (nSPS) is 10.2. The van der Waals surface area contributed by atoms with Crippen molar-refractivity contribution in [2.24, 2.45) is 0 Å². The van der Waals surface area contributed by atoms with E-state index >= 15 is 0 Å². The summed E-state index contributed by atoms with van der Waals surface area (Å²) in [5.74, 6) is 0.482. The van der Waals surface area contributed by atoms with Crippen LogP contribution in [-0.4, -0.2) is 11.8 Å². The topological polar surface area (TPSA) is 35.3 Å². The number of ether oxygens (including phenoxy) is 1. The molecule has 0 amide bonds. The van der Waals surface area contributed by atoms with E-state index in [0.717, 1.165) is 17.7 Å². The van der Waals surface area contributed by atoms with E-state index in [1.807, 2.05) is 36.4 Å². The molecule has 2 rings (SSSR count). The van der Waals surface area contributed by atoms with Gasteiger partial charge in [0.25, 0.3) is 0 Å². The van der Waals surface area contributed by atoms with E-state index < -0.39 is 0 Å². The Hall–Kier alpha value is -1.77. The molecular weight excluding hydrogens is 190 g/mol. The first-order chi connectivity index (χ1) is 7.40. The van der Waals surface area contributed by atoms with Gasteiger partial charge in [0.2, 0.25) is 0 Å². The molecule has 3 nitrogen and oxygen atoms in total. The van der Waals surface area contributed by atoms with Gasteiger partial charge in [0, 0.05) is 5.56 Å². The Bertz CT molecular complexity index is 409. The summed E-state index contributed by atoms with van der Waals surface area (Å²) in [4.78, 5) is 0. The number of aromatic nitrogens is 1. The molecule has 2 aromatic rings. The van der Waals surface area contributed by atoms with Crippen LogP contribution in [-0.2, 0) is 0 Å². The van der Waals surface area contributed by atoms with E-state index in [4.69, 9.17) is 9.26 Å². The first-order valence-corrected chi connectivity index (χ1v) is 5.05. The van der Waals surface area contributed by atoms with Crippen LogP contribution in [0.1, 0.15) is 13.3 Å². The summed E-state index contributed by atoms with van der Waals surface area (Å²) in [5.41, 5.74) is 1.84. The van der Waals surface area contributed by atoms with Gasteiger partial charge in [-0.1, -0.05) is 42.4 Å². The number of nitrogens with zero attached hydrogens (tertiary/aromatic N) is 1. The van der Waals surface area contributed by atoms with Crippen LogP contribution in [0.25, 0.3) is 11.3 Å². The third-order valence-corrected chi connectivity index (χ3v) is 2.01. The quantitative estimate of drug-likeness (QED) is 0.765. The molecule has 0 aliphatic rings. The van der Waals surface area contributed by atoms with Crippen molar-refractivity contribution in [1.29, 1.82) is 0 Å². The van der Waals surface area contributed by atoms with Crippen molar-refractivity contribution < 1.29 is 9.26 Å². The van der Waals surface area contributed by atoms with Crippen LogP contribution in [0.5, 0.6) is 5.95 Å². The molecular formula is C12H13NO2. The zero-order valence-electron chi connectivity index (χ0n) is 8.64. The third kappa shape index (κ3) is 2.37. The average molecular weight is 203 g/mol. The van der Waals surface area contributed by atoms with Gasteiger partial charge >= 0.3 is 5.95 Å². The Morgan fingerprint density at radius 1 is 1.27 bits per heavy atom. The van der Waals surface area contributed by atoms with Crippen LogP contribution in [0, 0.1) is 0 Å². The molecule has 0 spiro atoms. The van der Waals surface area contributed by atoms with Gasteiger partial charge in [-0.05, 0) is 6.42 Å². The Morgan fingerprint density at radius 3 is 2.80 bits per heavy atom. The van der Waals surface area contributed by atoms with Gasteiger partial charge in [-0.15, -0.1) is 0 Å². The molecule has 0 unspecified atom stereocenters. The standard InChI is InChI=1S/C12H13NO2/c1-2-8-14-12-9-11(13-15-12)10-6-4-3-5-7-10/h3-7,9H,2,8H2,1H3. The molecule has 0 radical (unpaired) electrons. The lowest BCUT2D eigenvalue weighted by Gasteiger charge is -1.95. The smallest absolute Gasteiger partial charge is 0.311 e. The van der Waals surface area contributed by atoms with E-state index in [1.54, 1.807) is 0 Å². The van der Waals surface area contributed by atoms with Crippen molar-refractivity contribution in [2.45, 2.75) is 13.3 Å². The lowest BCUT2D eigenvalue weighted by atomic mass is 10.2. The Kier molecular flexibility index (Phi) is 3.02. The van der Waals surface area contributed by atoms with Gasteiger partial charge in [0.1, 0.15) is 5.69 Å². The fourth-order valence-electron chi connectivity index (χ4n) is 1.27. The second-order valence-corrected chi connectivity index (χ2v) is 3.25. The lowest BCUT2D eigenvalue weighted by molar-refractivity contribution is 0.215. The minimum Gasteiger partial charge on any atom is -0.464 e. The molecule has 0 saturated heterocycles. The molecule has 0 bridgehead atoms. The summed E-state index contributed by atoms with van der Waals surface area (Å²) in [7, 11) is 0. The van der Waals surface area contributed by atoms with Crippen LogP contribution in [0.4, 0.5) is 0 Å². The van der Waals surface area contributed by atoms with Crippen LogP contribution in [0.2, 0.25) is 0 Å². The minimum atomic E-state index is 0.482. The summed E-state index contributed by atoms with van der Waals surface area (Å²) in [6, 6.07) is 11.7. The largest absolute Gasteiger partial charge is 0.464 e. The van der Waals surface area contributed by atoms with Crippen molar-refractivity contribution in [3.63, 3.8) is 0 Å². The van der Waals surface area contributed by atoms with Crippen LogP contribution in [0.15, 0.2) is 40.9 Å². The highest BCUT2D eigenvalue weighted by molar-refractivity contribution is 5.58. The minimum absolute atomic E-state index is 0.482. The molecule has 1 aromatic carbocycles. The Balaban J connectivity index is 2.14. The van der Waals surface area contributed by atoms with Crippen molar-refractivity contribution >= 4 is 0 Å². The van der Waals surface area contributed by atoms with E-state index in [1.165, 1.54) is 0 Å². The second-order valence-electron chi connectivity index (χ2n) is 3.25. The van der Waals surface area contributed by atoms with Crippen molar-refractivity contribution in [1.82, 2.24) is 5.16 Å². The first-order valence-electron chi connectivity index (χ1n) is 5.05. The van der Waals surface area contributed by atoms with Gasteiger partial charge in [-0.3, -0.25) is 0 Å². The summed E-state index contributed by atoms with van der Waals surface area (Å²) in [5, 5.41) is 3.94.